The van der Waals surface area contributed by atoms with E-state index in [9.17, 15) is 9.18 Å². The van der Waals surface area contributed by atoms with Crippen molar-refractivity contribution in [3.05, 3.63) is 71.4 Å². The van der Waals surface area contributed by atoms with Crippen molar-refractivity contribution in [1.29, 1.82) is 0 Å². The number of benzene rings is 2. The van der Waals surface area contributed by atoms with Crippen molar-refractivity contribution >= 4 is 28.6 Å². The first-order chi connectivity index (χ1) is 13.6. The summed E-state index contributed by atoms with van der Waals surface area (Å²) in [7, 11) is 1.54. The minimum Gasteiger partial charge on any atom is -0.495 e. The van der Waals surface area contributed by atoms with Crippen molar-refractivity contribution in [1.82, 2.24) is 0 Å². The number of carbonyl (C=O) groups excluding carboxylic acids is 1. The van der Waals surface area contributed by atoms with Crippen molar-refractivity contribution in [3.8, 4) is 16.2 Å². The predicted molar refractivity (Wildman–Crippen MR) is 109 cm³/mol. The van der Waals surface area contributed by atoms with E-state index in [1.807, 2.05) is 18.2 Å². The summed E-state index contributed by atoms with van der Waals surface area (Å²) in [5, 5.41) is 6.73. The number of methoxy groups -OCH3 is 1. The summed E-state index contributed by atoms with van der Waals surface area (Å²) in [5.41, 5.74) is 2.16. The van der Waals surface area contributed by atoms with Crippen LogP contribution in [0.3, 0.4) is 0 Å². The third kappa shape index (κ3) is 4.95. The molecule has 144 valence electrons. The van der Waals surface area contributed by atoms with Crippen LogP contribution in [0.5, 0.6) is 5.75 Å². The number of ether oxygens (including phenoxy) is 1. The first-order valence-electron chi connectivity index (χ1n) is 8.52. The molecule has 2 aromatic carbocycles. The Balaban J connectivity index is 1.57. The van der Waals surface area contributed by atoms with Crippen molar-refractivity contribution in [2.75, 3.05) is 19.0 Å². The topological polar surface area (TPSA) is 59.9 Å². The van der Waals surface area contributed by atoms with E-state index in [1.54, 1.807) is 37.3 Å². The predicted octanol–water partition coefficient (Wildman–Crippen LogP) is 4.94. The molecule has 3 aromatic rings. The Morgan fingerprint density at radius 2 is 1.86 bits per heavy atom. The Kier molecular flexibility index (Phi) is 6.39. The molecule has 3 rings (SSSR count). The highest BCUT2D eigenvalue weighted by molar-refractivity contribution is 7.17. The summed E-state index contributed by atoms with van der Waals surface area (Å²) < 4.78 is 18.2. The normalized spacial score (nSPS) is 11.2. The van der Waals surface area contributed by atoms with E-state index in [-0.39, 0.29) is 18.3 Å². The van der Waals surface area contributed by atoms with Gasteiger partial charge in [0.05, 0.1) is 23.4 Å². The number of nitrogens with zero attached hydrogens (tertiary/aromatic N) is 1. The third-order valence-corrected chi connectivity index (χ3v) is 5.11. The molecular formula is C21H19FN2O3S. The molecule has 0 aliphatic heterocycles. The highest BCUT2D eigenvalue weighted by Crippen LogP contribution is 2.28. The second-order valence-electron chi connectivity index (χ2n) is 5.87. The molecule has 1 amide bonds. The Morgan fingerprint density at radius 1 is 1.11 bits per heavy atom. The molecule has 7 heteroatoms. The maximum absolute atomic E-state index is 13.0. The van der Waals surface area contributed by atoms with Crippen LogP contribution in [0.2, 0.25) is 0 Å². The first-order valence-corrected chi connectivity index (χ1v) is 9.34. The molecule has 1 heterocycles. The van der Waals surface area contributed by atoms with Gasteiger partial charge in [0.1, 0.15) is 11.6 Å². The zero-order chi connectivity index (χ0) is 19.9. The molecule has 1 N–H and O–H groups in total. The van der Waals surface area contributed by atoms with Crippen molar-refractivity contribution < 1.29 is 18.8 Å². The number of carbonyl (C=O) groups is 1. The van der Waals surface area contributed by atoms with Gasteiger partial charge in [0, 0.05) is 4.88 Å². The lowest BCUT2D eigenvalue weighted by Crippen LogP contribution is -2.17. The van der Waals surface area contributed by atoms with Gasteiger partial charge in [-0.05, 0) is 48.9 Å². The van der Waals surface area contributed by atoms with Gasteiger partial charge in [-0.1, -0.05) is 29.4 Å². The second kappa shape index (κ2) is 9.14. The molecule has 0 spiro atoms. The van der Waals surface area contributed by atoms with Crippen LogP contribution in [0.25, 0.3) is 10.4 Å². The fourth-order valence-corrected chi connectivity index (χ4v) is 3.42. The van der Waals surface area contributed by atoms with E-state index in [2.05, 4.69) is 10.5 Å². The smallest absolute Gasteiger partial charge is 0.265 e. The van der Waals surface area contributed by atoms with Crippen LogP contribution in [-0.2, 0) is 9.63 Å². The van der Waals surface area contributed by atoms with E-state index >= 15 is 0 Å². The third-order valence-electron chi connectivity index (χ3n) is 3.87. The van der Waals surface area contributed by atoms with Crippen LogP contribution in [0.4, 0.5) is 10.1 Å². The van der Waals surface area contributed by atoms with Crippen LogP contribution in [0, 0.1) is 5.82 Å². The number of halogens is 1. The number of para-hydroxylation sites is 2. The van der Waals surface area contributed by atoms with Crippen LogP contribution < -0.4 is 10.1 Å². The summed E-state index contributed by atoms with van der Waals surface area (Å²) in [4.78, 5) is 19.1. The van der Waals surface area contributed by atoms with Gasteiger partial charge in [0.15, 0.2) is 6.61 Å². The van der Waals surface area contributed by atoms with Gasteiger partial charge in [0.25, 0.3) is 5.91 Å². The van der Waals surface area contributed by atoms with E-state index in [0.717, 1.165) is 15.3 Å². The Hall–Kier alpha value is -3.19. The molecule has 0 aliphatic carbocycles. The number of amides is 1. The molecule has 1 aromatic heterocycles. The molecule has 0 saturated heterocycles. The van der Waals surface area contributed by atoms with Gasteiger partial charge in [-0.3, -0.25) is 4.79 Å². The molecule has 0 saturated carbocycles. The lowest BCUT2D eigenvalue weighted by molar-refractivity contribution is -0.120. The highest BCUT2D eigenvalue weighted by Gasteiger charge is 2.09. The zero-order valence-corrected chi connectivity index (χ0v) is 16.3. The minimum atomic E-state index is -0.334. The van der Waals surface area contributed by atoms with Gasteiger partial charge in [-0.25, -0.2) is 4.39 Å². The van der Waals surface area contributed by atoms with Gasteiger partial charge in [-0.15, -0.1) is 11.3 Å². The Morgan fingerprint density at radius 3 is 2.61 bits per heavy atom. The minimum absolute atomic E-state index is 0.217. The standard InChI is InChI=1S/C21H19FN2O3S/c1-14(19-11-12-20(28-19)15-7-9-16(22)10-8-15)24-27-13-21(25)23-17-5-3-4-6-18(17)26-2/h3-12H,13H2,1-2H3,(H,23,25)/b24-14+. The van der Waals surface area contributed by atoms with E-state index in [4.69, 9.17) is 9.57 Å². The van der Waals surface area contributed by atoms with E-state index in [0.29, 0.717) is 17.1 Å². The van der Waals surface area contributed by atoms with Crippen molar-refractivity contribution in [2.24, 2.45) is 5.16 Å². The lowest BCUT2D eigenvalue weighted by atomic mass is 10.2. The molecule has 0 aliphatic rings. The van der Waals surface area contributed by atoms with Gasteiger partial charge in [0.2, 0.25) is 0 Å². The van der Waals surface area contributed by atoms with Crippen LogP contribution in [0.1, 0.15) is 11.8 Å². The van der Waals surface area contributed by atoms with Gasteiger partial charge in [-0.2, -0.15) is 0 Å². The molecule has 0 radical (unpaired) electrons. The number of nitrogens with one attached hydrogen (secondary N) is 1. The summed E-state index contributed by atoms with van der Waals surface area (Å²) in [6.07, 6.45) is 0. The lowest BCUT2D eigenvalue weighted by Gasteiger charge is -2.09. The molecule has 0 atom stereocenters. The summed E-state index contributed by atoms with van der Waals surface area (Å²) in [5.74, 6) is -0.0280. The van der Waals surface area contributed by atoms with Crippen molar-refractivity contribution in [2.45, 2.75) is 6.92 Å². The molecular weight excluding hydrogens is 379 g/mol. The SMILES string of the molecule is COc1ccccc1NC(=O)CO/N=C(\C)c1ccc(-c2ccc(F)cc2)s1. The fraction of sp³-hybridized carbons (Fsp3) is 0.143. The summed E-state index contributed by atoms with van der Waals surface area (Å²) in [6, 6.07) is 17.3. The number of hydrogen-bond donors (Lipinski definition) is 1. The first kappa shape index (κ1) is 19.6. The van der Waals surface area contributed by atoms with Crippen LogP contribution in [-0.4, -0.2) is 25.3 Å². The number of anilines is 1. The number of rotatable bonds is 7. The maximum Gasteiger partial charge on any atom is 0.265 e. The molecule has 5 nitrogen and oxygen atoms in total. The number of hydrogen-bond acceptors (Lipinski definition) is 5. The Bertz CT molecular complexity index is 983. The van der Waals surface area contributed by atoms with E-state index < -0.39 is 0 Å². The number of oxime groups is 1. The van der Waals surface area contributed by atoms with Gasteiger partial charge >= 0.3 is 0 Å². The van der Waals surface area contributed by atoms with E-state index in [1.165, 1.54) is 30.6 Å². The quantitative estimate of drug-likeness (QED) is 0.453. The Labute approximate surface area is 166 Å². The van der Waals surface area contributed by atoms with Crippen LogP contribution in [0.15, 0.2) is 65.8 Å². The average Bonchev–Trinajstić information content (AvgIpc) is 3.19. The highest BCUT2D eigenvalue weighted by atomic mass is 32.1. The average molecular weight is 398 g/mol. The molecule has 0 unspecified atom stereocenters. The zero-order valence-electron chi connectivity index (χ0n) is 15.4. The largest absolute Gasteiger partial charge is 0.495 e. The monoisotopic (exact) mass is 398 g/mol. The summed E-state index contributed by atoms with van der Waals surface area (Å²) >= 11 is 1.52. The van der Waals surface area contributed by atoms with Crippen molar-refractivity contribution in [3.63, 3.8) is 0 Å². The maximum atomic E-state index is 13.0. The van der Waals surface area contributed by atoms with Crippen LogP contribution >= 0.6 is 11.3 Å². The fourth-order valence-electron chi connectivity index (χ4n) is 2.47. The van der Waals surface area contributed by atoms with Gasteiger partial charge < -0.3 is 14.9 Å². The second-order valence-corrected chi connectivity index (χ2v) is 6.95. The number of thiophene rings is 1. The molecule has 0 bridgehead atoms. The molecule has 0 fully saturated rings. The summed E-state index contributed by atoms with van der Waals surface area (Å²) in [6.45, 7) is 1.59. The molecule has 28 heavy (non-hydrogen) atoms.